The molecule has 4 rings (SSSR count). The van der Waals surface area contributed by atoms with E-state index in [4.69, 9.17) is 9.47 Å². The molecule has 8 heteroatoms. The molecule has 1 saturated heterocycles. The van der Waals surface area contributed by atoms with Crippen LogP contribution < -0.4 is 5.32 Å². The molecule has 8 nitrogen and oxygen atoms in total. The summed E-state index contributed by atoms with van der Waals surface area (Å²) < 4.78 is 11.2. The maximum atomic E-state index is 13.4. The van der Waals surface area contributed by atoms with Gasteiger partial charge in [-0.2, -0.15) is 0 Å². The maximum Gasteiger partial charge on any atom is 0.407 e. The highest BCUT2D eigenvalue weighted by Crippen LogP contribution is 2.44. The number of ether oxygens (including phenoxy) is 2. The van der Waals surface area contributed by atoms with Gasteiger partial charge in [0.15, 0.2) is 6.04 Å². The number of carbonyl (C=O) groups is 3. The van der Waals surface area contributed by atoms with Crippen LogP contribution in [0.4, 0.5) is 4.79 Å². The van der Waals surface area contributed by atoms with Crippen LogP contribution in [0, 0.1) is 5.92 Å². The summed E-state index contributed by atoms with van der Waals surface area (Å²) in [5.41, 5.74) is 3.34. The van der Waals surface area contributed by atoms with E-state index in [9.17, 15) is 19.5 Å². The fourth-order valence-electron chi connectivity index (χ4n) is 5.05. The fourth-order valence-corrected chi connectivity index (χ4v) is 5.05. The van der Waals surface area contributed by atoms with Crippen molar-refractivity contribution >= 4 is 18.0 Å². The number of benzene rings is 2. The Labute approximate surface area is 205 Å². The van der Waals surface area contributed by atoms with Gasteiger partial charge < -0.3 is 19.9 Å². The monoisotopic (exact) mass is 480 g/mol. The number of amides is 2. The van der Waals surface area contributed by atoms with Gasteiger partial charge in [-0.3, -0.25) is 9.69 Å². The normalized spacial score (nSPS) is 19.2. The second-order valence-electron chi connectivity index (χ2n) is 9.97. The number of nitrogens with one attached hydrogen (secondary N) is 1. The predicted octanol–water partition coefficient (Wildman–Crippen LogP) is 3.99. The molecule has 2 aromatic carbocycles. The Morgan fingerprint density at radius 2 is 1.66 bits per heavy atom. The van der Waals surface area contributed by atoms with Gasteiger partial charge >= 0.3 is 12.1 Å². The van der Waals surface area contributed by atoms with Crippen LogP contribution in [0.2, 0.25) is 0 Å². The van der Waals surface area contributed by atoms with Crippen molar-refractivity contribution in [2.75, 3.05) is 13.2 Å². The van der Waals surface area contributed by atoms with Gasteiger partial charge in [-0.25, -0.2) is 9.59 Å². The smallest absolute Gasteiger partial charge is 0.407 e. The van der Waals surface area contributed by atoms with Crippen molar-refractivity contribution in [3.63, 3.8) is 0 Å². The number of hydrogen-bond acceptors (Lipinski definition) is 5. The molecular weight excluding hydrogens is 448 g/mol. The van der Waals surface area contributed by atoms with Crippen molar-refractivity contribution in [1.29, 1.82) is 0 Å². The summed E-state index contributed by atoms with van der Waals surface area (Å²) in [6.45, 7) is 7.17. The van der Waals surface area contributed by atoms with Gasteiger partial charge in [0.2, 0.25) is 5.91 Å². The first kappa shape index (κ1) is 24.7. The van der Waals surface area contributed by atoms with E-state index in [2.05, 4.69) is 17.4 Å². The molecule has 2 N–H and O–H groups in total. The molecule has 35 heavy (non-hydrogen) atoms. The van der Waals surface area contributed by atoms with Gasteiger partial charge in [0.1, 0.15) is 18.4 Å². The zero-order chi connectivity index (χ0) is 25.3. The summed E-state index contributed by atoms with van der Waals surface area (Å²) in [4.78, 5) is 39.3. The molecule has 0 unspecified atom stereocenters. The summed E-state index contributed by atoms with van der Waals surface area (Å²) in [7, 11) is 0. The highest BCUT2D eigenvalue weighted by molar-refractivity contribution is 5.90. The number of carbonyl (C=O) groups excluding carboxylic acids is 2. The lowest BCUT2D eigenvalue weighted by Gasteiger charge is -2.35. The second kappa shape index (κ2) is 9.70. The quantitative estimate of drug-likeness (QED) is 0.621. The number of carboxylic acids is 1. The number of alkyl carbamates (subject to hydrolysis) is 1. The molecule has 1 aliphatic carbocycles. The molecule has 1 aliphatic heterocycles. The number of carboxylic acid groups (broad SMARTS) is 1. The van der Waals surface area contributed by atoms with E-state index >= 15 is 0 Å². The second-order valence-corrected chi connectivity index (χ2v) is 9.97. The standard InChI is InChI=1S/C27H32N2O6/c1-16(2)13-22(24(30)29-23(25(31)32)15-35-27(29,3)4)28-26(33)34-14-21-19-11-7-5-9-17(19)18-10-6-8-12-20(18)21/h5-12,16,21-23H,13-15H2,1-4H3,(H,28,33)(H,31,32)/t22-,23+/m0/s1. The molecular formula is C27H32N2O6. The fraction of sp³-hybridized carbons (Fsp3) is 0.444. The molecule has 0 spiro atoms. The molecule has 2 aromatic rings. The average molecular weight is 481 g/mol. The number of nitrogens with zero attached hydrogens (tertiary/aromatic N) is 1. The van der Waals surface area contributed by atoms with Crippen LogP contribution in [0.25, 0.3) is 11.1 Å². The summed E-state index contributed by atoms with van der Waals surface area (Å²) in [5, 5.41) is 12.3. The Bertz CT molecular complexity index is 1080. The van der Waals surface area contributed by atoms with Crippen LogP contribution in [0.5, 0.6) is 0 Å². The van der Waals surface area contributed by atoms with Gasteiger partial charge in [0.25, 0.3) is 0 Å². The van der Waals surface area contributed by atoms with Crippen molar-refractivity contribution in [2.24, 2.45) is 5.92 Å². The molecule has 2 aliphatic rings. The summed E-state index contributed by atoms with van der Waals surface area (Å²) in [6, 6.07) is 14.0. The van der Waals surface area contributed by atoms with Gasteiger partial charge in [-0.05, 0) is 48.4 Å². The van der Waals surface area contributed by atoms with Crippen molar-refractivity contribution in [3.05, 3.63) is 59.7 Å². The van der Waals surface area contributed by atoms with Gasteiger partial charge in [-0.15, -0.1) is 0 Å². The molecule has 2 atom stereocenters. The van der Waals surface area contributed by atoms with Crippen LogP contribution >= 0.6 is 0 Å². The van der Waals surface area contributed by atoms with Crippen LogP contribution in [-0.4, -0.2) is 59.0 Å². The third-order valence-corrected chi connectivity index (χ3v) is 6.65. The van der Waals surface area contributed by atoms with E-state index in [1.54, 1.807) is 13.8 Å². The Morgan fingerprint density at radius 3 is 2.20 bits per heavy atom. The van der Waals surface area contributed by atoms with E-state index in [0.717, 1.165) is 22.3 Å². The highest BCUT2D eigenvalue weighted by Gasteiger charge is 2.49. The number of hydrogen-bond donors (Lipinski definition) is 2. The largest absolute Gasteiger partial charge is 0.480 e. The zero-order valence-corrected chi connectivity index (χ0v) is 20.5. The SMILES string of the molecule is CC(C)C[C@H](NC(=O)OCC1c2ccccc2-c2ccccc21)C(=O)N1[C@@H](C(=O)O)COC1(C)C. The summed E-state index contributed by atoms with van der Waals surface area (Å²) in [5.74, 6) is -1.67. The van der Waals surface area contributed by atoms with Crippen LogP contribution in [0.1, 0.15) is 51.2 Å². The molecule has 1 heterocycles. The predicted molar refractivity (Wildman–Crippen MR) is 130 cm³/mol. The van der Waals surface area contributed by atoms with Gasteiger partial charge in [0, 0.05) is 5.92 Å². The van der Waals surface area contributed by atoms with Crippen LogP contribution in [0.15, 0.2) is 48.5 Å². The number of fused-ring (bicyclic) bond motifs is 3. The highest BCUT2D eigenvalue weighted by atomic mass is 16.6. The van der Waals surface area contributed by atoms with E-state index in [-0.39, 0.29) is 25.0 Å². The number of rotatable bonds is 7. The Morgan fingerprint density at radius 1 is 1.09 bits per heavy atom. The lowest BCUT2D eigenvalue weighted by Crippen LogP contribution is -2.58. The van der Waals surface area contributed by atoms with E-state index in [1.807, 2.05) is 50.2 Å². The van der Waals surface area contributed by atoms with Crippen molar-refractivity contribution in [3.8, 4) is 11.1 Å². The van der Waals surface area contributed by atoms with Crippen molar-refractivity contribution < 1.29 is 29.0 Å². The van der Waals surface area contributed by atoms with Crippen LogP contribution in [-0.2, 0) is 19.1 Å². The van der Waals surface area contributed by atoms with Crippen molar-refractivity contribution in [1.82, 2.24) is 10.2 Å². The molecule has 0 radical (unpaired) electrons. The third-order valence-electron chi connectivity index (χ3n) is 6.65. The van der Waals surface area contributed by atoms with E-state index in [0.29, 0.717) is 6.42 Å². The number of aliphatic carboxylic acids is 1. The zero-order valence-electron chi connectivity index (χ0n) is 20.5. The maximum absolute atomic E-state index is 13.4. The lowest BCUT2D eigenvalue weighted by atomic mass is 9.98. The minimum atomic E-state index is -1.15. The first-order valence-electron chi connectivity index (χ1n) is 11.9. The summed E-state index contributed by atoms with van der Waals surface area (Å²) >= 11 is 0. The molecule has 0 bridgehead atoms. The summed E-state index contributed by atoms with van der Waals surface area (Å²) in [6.07, 6.45) is -0.377. The first-order valence-corrected chi connectivity index (χ1v) is 11.9. The van der Waals surface area contributed by atoms with Crippen molar-refractivity contribution in [2.45, 2.75) is 57.8 Å². The van der Waals surface area contributed by atoms with Gasteiger partial charge in [-0.1, -0.05) is 62.4 Å². The minimum Gasteiger partial charge on any atom is -0.480 e. The van der Waals surface area contributed by atoms with Crippen LogP contribution in [0.3, 0.4) is 0 Å². The van der Waals surface area contributed by atoms with E-state index < -0.39 is 35.8 Å². The minimum absolute atomic E-state index is 0.0766. The molecule has 0 aromatic heterocycles. The molecule has 186 valence electrons. The first-order chi connectivity index (χ1) is 16.6. The van der Waals surface area contributed by atoms with E-state index in [1.165, 1.54) is 4.90 Å². The lowest BCUT2D eigenvalue weighted by molar-refractivity contribution is -0.157. The molecule has 0 saturated carbocycles. The van der Waals surface area contributed by atoms with Gasteiger partial charge in [0.05, 0.1) is 6.61 Å². The molecule has 1 fully saturated rings. The Hall–Kier alpha value is -3.39. The Balaban J connectivity index is 1.48. The Kier molecular flexibility index (Phi) is 6.85. The third kappa shape index (κ3) is 4.89. The average Bonchev–Trinajstić information content (AvgIpc) is 3.30. The molecule has 2 amide bonds. The topological polar surface area (TPSA) is 105 Å².